The van der Waals surface area contributed by atoms with Crippen LogP contribution < -0.4 is 10.5 Å². The SMILES string of the molecule is CCCc1cc(C[C@H](N)CC)ccc1OC. The molecule has 0 aliphatic rings. The van der Waals surface area contributed by atoms with Crippen molar-refractivity contribution in [3.63, 3.8) is 0 Å². The van der Waals surface area contributed by atoms with Gasteiger partial charge in [-0.2, -0.15) is 0 Å². The molecule has 0 aromatic heterocycles. The van der Waals surface area contributed by atoms with Crippen molar-refractivity contribution in [2.24, 2.45) is 5.73 Å². The van der Waals surface area contributed by atoms with Crippen LogP contribution in [0.2, 0.25) is 0 Å². The molecule has 90 valence electrons. The summed E-state index contributed by atoms with van der Waals surface area (Å²) >= 11 is 0. The van der Waals surface area contributed by atoms with E-state index in [1.54, 1.807) is 7.11 Å². The van der Waals surface area contributed by atoms with Gasteiger partial charge in [-0.25, -0.2) is 0 Å². The zero-order valence-corrected chi connectivity index (χ0v) is 10.6. The fraction of sp³-hybridized carbons (Fsp3) is 0.571. The molecule has 0 fully saturated rings. The third kappa shape index (κ3) is 3.53. The molecule has 0 aliphatic heterocycles. The van der Waals surface area contributed by atoms with Crippen LogP contribution in [0.25, 0.3) is 0 Å². The van der Waals surface area contributed by atoms with Crippen LogP contribution in [0.4, 0.5) is 0 Å². The van der Waals surface area contributed by atoms with E-state index >= 15 is 0 Å². The van der Waals surface area contributed by atoms with E-state index in [0.717, 1.165) is 31.4 Å². The highest BCUT2D eigenvalue weighted by Crippen LogP contribution is 2.22. The third-order valence-electron chi connectivity index (χ3n) is 2.89. The number of ether oxygens (including phenoxy) is 1. The van der Waals surface area contributed by atoms with Crippen molar-refractivity contribution in [3.05, 3.63) is 29.3 Å². The molecule has 1 aromatic rings. The van der Waals surface area contributed by atoms with Crippen molar-refractivity contribution in [2.75, 3.05) is 7.11 Å². The van der Waals surface area contributed by atoms with Gasteiger partial charge in [-0.3, -0.25) is 0 Å². The van der Waals surface area contributed by atoms with Gasteiger partial charge < -0.3 is 10.5 Å². The van der Waals surface area contributed by atoms with E-state index in [-0.39, 0.29) is 6.04 Å². The molecular formula is C14H23NO. The lowest BCUT2D eigenvalue weighted by atomic mass is 10.00. The minimum Gasteiger partial charge on any atom is -0.496 e. The van der Waals surface area contributed by atoms with E-state index in [1.807, 2.05) is 0 Å². The first kappa shape index (κ1) is 13.0. The molecular weight excluding hydrogens is 198 g/mol. The summed E-state index contributed by atoms with van der Waals surface area (Å²) in [5.74, 6) is 0.996. The summed E-state index contributed by atoms with van der Waals surface area (Å²) in [5.41, 5.74) is 8.58. The molecule has 0 saturated carbocycles. The first-order valence-corrected chi connectivity index (χ1v) is 6.12. The summed E-state index contributed by atoms with van der Waals surface area (Å²) in [6.45, 7) is 4.31. The van der Waals surface area contributed by atoms with Crippen molar-refractivity contribution < 1.29 is 4.74 Å². The Morgan fingerprint density at radius 3 is 2.62 bits per heavy atom. The lowest BCUT2D eigenvalue weighted by Gasteiger charge is -2.12. The summed E-state index contributed by atoms with van der Waals surface area (Å²) in [6.07, 6.45) is 4.18. The van der Waals surface area contributed by atoms with Gasteiger partial charge in [-0.15, -0.1) is 0 Å². The molecule has 0 aliphatic carbocycles. The van der Waals surface area contributed by atoms with Crippen molar-refractivity contribution in [1.29, 1.82) is 0 Å². The van der Waals surface area contributed by atoms with Crippen LogP contribution in [0.15, 0.2) is 18.2 Å². The van der Waals surface area contributed by atoms with Crippen LogP contribution in [0, 0.1) is 0 Å². The maximum Gasteiger partial charge on any atom is 0.122 e. The summed E-state index contributed by atoms with van der Waals surface area (Å²) in [4.78, 5) is 0. The Labute approximate surface area is 98.8 Å². The van der Waals surface area contributed by atoms with Crippen LogP contribution in [-0.2, 0) is 12.8 Å². The Bertz CT molecular complexity index is 323. The van der Waals surface area contributed by atoms with Crippen molar-refractivity contribution in [2.45, 2.75) is 45.6 Å². The lowest BCUT2D eigenvalue weighted by molar-refractivity contribution is 0.409. The fourth-order valence-electron chi connectivity index (χ4n) is 1.87. The number of rotatable bonds is 6. The van der Waals surface area contributed by atoms with Crippen LogP contribution in [0.3, 0.4) is 0 Å². The number of hydrogen-bond donors (Lipinski definition) is 1. The summed E-state index contributed by atoms with van der Waals surface area (Å²) < 4.78 is 5.35. The molecule has 0 bridgehead atoms. The quantitative estimate of drug-likeness (QED) is 0.801. The number of hydrogen-bond acceptors (Lipinski definition) is 2. The molecule has 1 aromatic carbocycles. The monoisotopic (exact) mass is 221 g/mol. The molecule has 0 heterocycles. The summed E-state index contributed by atoms with van der Waals surface area (Å²) in [6, 6.07) is 6.68. The number of aryl methyl sites for hydroxylation is 1. The molecule has 16 heavy (non-hydrogen) atoms. The number of methoxy groups -OCH3 is 1. The van der Waals surface area contributed by atoms with Crippen LogP contribution in [0.5, 0.6) is 5.75 Å². The van der Waals surface area contributed by atoms with Gasteiger partial charge in [-0.05, 0) is 36.5 Å². The van der Waals surface area contributed by atoms with E-state index in [4.69, 9.17) is 10.5 Å². The highest BCUT2D eigenvalue weighted by atomic mass is 16.5. The van der Waals surface area contributed by atoms with E-state index in [0.29, 0.717) is 0 Å². The molecule has 2 nitrogen and oxygen atoms in total. The molecule has 0 radical (unpaired) electrons. The molecule has 0 spiro atoms. The predicted molar refractivity (Wildman–Crippen MR) is 69.0 cm³/mol. The Kier molecular flexibility index (Phi) is 5.33. The minimum atomic E-state index is 0.267. The van der Waals surface area contributed by atoms with Crippen LogP contribution in [0.1, 0.15) is 37.8 Å². The average Bonchev–Trinajstić information content (AvgIpc) is 2.30. The molecule has 2 N–H and O–H groups in total. The maximum absolute atomic E-state index is 5.97. The smallest absolute Gasteiger partial charge is 0.122 e. The first-order valence-electron chi connectivity index (χ1n) is 6.12. The van der Waals surface area contributed by atoms with E-state index in [1.165, 1.54) is 11.1 Å². The van der Waals surface area contributed by atoms with Crippen molar-refractivity contribution in [1.82, 2.24) is 0 Å². The van der Waals surface area contributed by atoms with Crippen LogP contribution >= 0.6 is 0 Å². The molecule has 2 heteroatoms. The number of benzene rings is 1. The van der Waals surface area contributed by atoms with Gasteiger partial charge in [0.15, 0.2) is 0 Å². The van der Waals surface area contributed by atoms with Crippen molar-refractivity contribution >= 4 is 0 Å². The average molecular weight is 221 g/mol. The second-order valence-corrected chi connectivity index (χ2v) is 4.27. The minimum absolute atomic E-state index is 0.267. The molecule has 0 saturated heterocycles. The Hall–Kier alpha value is -1.02. The fourth-order valence-corrected chi connectivity index (χ4v) is 1.87. The topological polar surface area (TPSA) is 35.2 Å². The second-order valence-electron chi connectivity index (χ2n) is 4.27. The van der Waals surface area contributed by atoms with E-state index in [9.17, 15) is 0 Å². The van der Waals surface area contributed by atoms with E-state index in [2.05, 4.69) is 32.0 Å². The molecule has 0 unspecified atom stereocenters. The third-order valence-corrected chi connectivity index (χ3v) is 2.89. The Balaban J connectivity index is 2.84. The largest absolute Gasteiger partial charge is 0.496 e. The van der Waals surface area contributed by atoms with Gasteiger partial charge >= 0.3 is 0 Å². The highest BCUT2D eigenvalue weighted by molar-refractivity contribution is 5.37. The standard InChI is InChI=1S/C14H23NO/c1-4-6-12-9-11(10-13(15)5-2)7-8-14(12)16-3/h7-9,13H,4-6,10,15H2,1-3H3/t13-/m1/s1. The lowest BCUT2D eigenvalue weighted by Crippen LogP contribution is -2.21. The molecule has 1 rings (SSSR count). The molecule has 0 amide bonds. The van der Waals surface area contributed by atoms with Gasteiger partial charge in [0, 0.05) is 6.04 Å². The summed E-state index contributed by atoms with van der Waals surface area (Å²) in [7, 11) is 1.73. The van der Waals surface area contributed by atoms with Gasteiger partial charge in [0.25, 0.3) is 0 Å². The normalized spacial score (nSPS) is 12.5. The Morgan fingerprint density at radius 1 is 1.31 bits per heavy atom. The summed E-state index contributed by atoms with van der Waals surface area (Å²) in [5, 5.41) is 0. The zero-order valence-electron chi connectivity index (χ0n) is 10.6. The van der Waals surface area contributed by atoms with Crippen molar-refractivity contribution in [3.8, 4) is 5.75 Å². The van der Waals surface area contributed by atoms with Gasteiger partial charge in [0.2, 0.25) is 0 Å². The number of nitrogens with two attached hydrogens (primary N) is 1. The second kappa shape index (κ2) is 6.54. The van der Waals surface area contributed by atoms with Gasteiger partial charge in [-0.1, -0.05) is 32.4 Å². The van der Waals surface area contributed by atoms with Gasteiger partial charge in [0.05, 0.1) is 7.11 Å². The first-order chi connectivity index (χ1) is 7.71. The van der Waals surface area contributed by atoms with Gasteiger partial charge in [0.1, 0.15) is 5.75 Å². The Morgan fingerprint density at radius 2 is 2.06 bits per heavy atom. The van der Waals surface area contributed by atoms with Crippen LogP contribution in [-0.4, -0.2) is 13.2 Å². The molecule has 1 atom stereocenters. The predicted octanol–water partition coefficient (Wildman–Crippen LogP) is 2.93. The highest BCUT2D eigenvalue weighted by Gasteiger charge is 2.06. The maximum atomic E-state index is 5.97. The van der Waals surface area contributed by atoms with E-state index < -0.39 is 0 Å². The zero-order chi connectivity index (χ0) is 12.0.